The summed E-state index contributed by atoms with van der Waals surface area (Å²) in [5, 5.41) is 2.76. The van der Waals surface area contributed by atoms with Crippen molar-refractivity contribution in [2.24, 2.45) is 0 Å². The lowest BCUT2D eigenvalue weighted by atomic mass is 10.1. The molecule has 0 aliphatic carbocycles. The van der Waals surface area contributed by atoms with Crippen LogP contribution < -0.4 is 10.3 Å². The molecule has 9 heteroatoms. The van der Waals surface area contributed by atoms with E-state index in [4.69, 9.17) is 15.7 Å². The Hall–Kier alpha value is -4.45. The predicted octanol–water partition coefficient (Wildman–Crippen LogP) is 4.50. The number of H-pyrrole nitrogens is 1. The van der Waals surface area contributed by atoms with Gasteiger partial charge in [-0.15, -0.1) is 4.52 Å². The molecule has 3 aromatic heterocycles. The molecule has 152 valence electrons. The summed E-state index contributed by atoms with van der Waals surface area (Å²) in [4.78, 5) is 25.8. The third kappa shape index (κ3) is 2.77. The highest BCUT2D eigenvalue weighted by Crippen LogP contribution is 2.34. The van der Waals surface area contributed by atoms with Crippen molar-refractivity contribution in [2.45, 2.75) is 6.92 Å². The molecule has 2 aromatic carbocycles. The van der Waals surface area contributed by atoms with Crippen molar-refractivity contribution in [3.63, 3.8) is 0 Å². The van der Waals surface area contributed by atoms with Crippen LogP contribution in [0.1, 0.15) is 5.69 Å². The van der Waals surface area contributed by atoms with Gasteiger partial charge in [0.05, 0.1) is 18.4 Å². The Kier molecular flexibility index (Phi) is 4.08. The van der Waals surface area contributed by atoms with E-state index in [1.165, 1.54) is 25.3 Å². The number of hydrogen-bond acceptors (Lipinski definition) is 5. The minimum atomic E-state index is -0.486. The summed E-state index contributed by atoms with van der Waals surface area (Å²) in [5.41, 5.74) is 1.99. The van der Waals surface area contributed by atoms with Crippen LogP contribution in [0.25, 0.3) is 44.2 Å². The molecule has 5 rings (SSSR count). The van der Waals surface area contributed by atoms with Crippen LogP contribution in [0.15, 0.2) is 51.7 Å². The van der Waals surface area contributed by atoms with Crippen LogP contribution in [0.4, 0.5) is 10.2 Å². The second kappa shape index (κ2) is 6.81. The van der Waals surface area contributed by atoms with Crippen molar-refractivity contribution in [3.05, 3.63) is 75.7 Å². The number of nitrogens with zero attached hydrogens (tertiary/aromatic N) is 4. The van der Waals surface area contributed by atoms with Crippen LogP contribution in [-0.4, -0.2) is 26.7 Å². The summed E-state index contributed by atoms with van der Waals surface area (Å²) in [6.07, 6.45) is 0. The van der Waals surface area contributed by atoms with Crippen LogP contribution in [0.2, 0.25) is 0 Å². The minimum Gasteiger partial charge on any atom is -0.494 e. The second-order valence-electron chi connectivity index (χ2n) is 6.82. The Balaban J connectivity index is 1.80. The Morgan fingerprint density at radius 2 is 2.00 bits per heavy atom. The summed E-state index contributed by atoms with van der Waals surface area (Å²) >= 11 is 0. The fourth-order valence-corrected chi connectivity index (χ4v) is 3.60. The average molecular weight is 415 g/mol. The highest BCUT2D eigenvalue weighted by atomic mass is 19.1. The van der Waals surface area contributed by atoms with Gasteiger partial charge in [0.1, 0.15) is 17.1 Å². The van der Waals surface area contributed by atoms with Gasteiger partial charge in [0, 0.05) is 0 Å². The topological polar surface area (TPSA) is 89.8 Å². The third-order valence-corrected chi connectivity index (χ3v) is 4.98. The quantitative estimate of drug-likeness (QED) is 0.438. The lowest BCUT2D eigenvalue weighted by molar-refractivity contribution is 0.419. The molecule has 0 atom stereocenters. The molecule has 0 unspecified atom stereocenters. The number of aromatic nitrogens is 4. The van der Waals surface area contributed by atoms with Crippen molar-refractivity contribution in [2.75, 3.05) is 7.11 Å². The normalized spacial score (nSPS) is 11.2. The van der Waals surface area contributed by atoms with Gasteiger partial charge in [-0.3, -0.25) is 4.79 Å². The molecule has 0 saturated carbocycles. The van der Waals surface area contributed by atoms with Gasteiger partial charge in [-0.2, -0.15) is 0 Å². The number of para-hydroxylation sites is 1. The van der Waals surface area contributed by atoms with E-state index in [-0.39, 0.29) is 22.9 Å². The lowest BCUT2D eigenvalue weighted by Crippen LogP contribution is -2.19. The van der Waals surface area contributed by atoms with Crippen molar-refractivity contribution < 1.29 is 13.5 Å². The van der Waals surface area contributed by atoms with Gasteiger partial charge in [-0.25, -0.2) is 19.5 Å². The van der Waals surface area contributed by atoms with Crippen LogP contribution >= 0.6 is 0 Å². The van der Waals surface area contributed by atoms with Crippen LogP contribution in [-0.2, 0) is 0 Å². The smallest absolute Gasteiger partial charge is 0.301 e. The van der Waals surface area contributed by atoms with Crippen molar-refractivity contribution >= 4 is 22.6 Å². The number of nitrogens with one attached hydrogen (secondary N) is 1. The maximum absolute atomic E-state index is 13.8. The predicted molar refractivity (Wildman–Crippen MR) is 112 cm³/mol. The number of oxazole rings is 1. The van der Waals surface area contributed by atoms with Gasteiger partial charge < -0.3 is 14.0 Å². The average Bonchev–Trinajstić information content (AvgIpc) is 3.34. The molecule has 31 heavy (non-hydrogen) atoms. The number of aryl methyl sites for hydroxylation is 1. The van der Waals surface area contributed by atoms with E-state index in [1.807, 2.05) is 0 Å². The lowest BCUT2D eigenvalue weighted by Gasteiger charge is -2.03. The molecule has 3 heterocycles. The maximum Gasteiger partial charge on any atom is 0.301 e. The molecule has 5 aromatic rings. The van der Waals surface area contributed by atoms with Gasteiger partial charge in [-0.05, 0) is 36.8 Å². The maximum atomic E-state index is 13.8. The highest BCUT2D eigenvalue weighted by molar-refractivity contribution is 5.88. The number of halogens is 1. The molecule has 0 fully saturated rings. The molecule has 0 aliphatic rings. The minimum absolute atomic E-state index is 0.0750. The van der Waals surface area contributed by atoms with Gasteiger partial charge in [0.25, 0.3) is 5.82 Å². The summed E-state index contributed by atoms with van der Waals surface area (Å²) in [6, 6.07) is 11.0. The molecular formula is C22H14FN5O3. The Bertz CT molecular complexity index is 1590. The zero-order valence-corrected chi connectivity index (χ0v) is 16.4. The molecule has 0 bridgehead atoms. The van der Waals surface area contributed by atoms with E-state index in [9.17, 15) is 9.18 Å². The van der Waals surface area contributed by atoms with E-state index < -0.39 is 11.4 Å². The number of hydrogen-bond donors (Lipinski definition) is 1. The number of fused-ring (bicyclic) bond motifs is 2. The van der Waals surface area contributed by atoms with Crippen LogP contribution in [0, 0.1) is 19.3 Å². The zero-order valence-electron chi connectivity index (χ0n) is 16.4. The van der Waals surface area contributed by atoms with E-state index >= 15 is 0 Å². The first-order valence-electron chi connectivity index (χ1n) is 9.24. The summed E-state index contributed by atoms with van der Waals surface area (Å²) < 4.78 is 26.1. The fraction of sp³-hybridized carbons (Fsp3) is 0.0909. The number of benzene rings is 2. The molecule has 8 nitrogen and oxygen atoms in total. The first-order chi connectivity index (χ1) is 15.0. The number of rotatable bonds is 3. The molecule has 0 spiro atoms. The van der Waals surface area contributed by atoms with E-state index in [2.05, 4.69) is 19.9 Å². The van der Waals surface area contributed by atoms with Crippen LogP contribution in [0.3, 0.4) is 0 Å². The van der Waals surface area contributed by atoms with Gasteiger partial charge in [0.2, 0.25) is 5.89 Å². The number of ether oxygens (including phenoxy) is 1. The standard InChI is InChI=1S/C22H14FN5O3/c1-11-16(21-26-18-14(30-3)8-5-9-15(18)31-21)22(29)28-20(25-11)17(19(24-2)27-28)12-6-4-7-13(23)10-12/h4-10,27H,1,3H3. The fourth-order valence-electron chi connectivity index (χ4n) is 3.60. The Labute approximate surface area is 174 Å². The van der Waals surface area contributed by atoms with Gasteiger partial charge in [0.15, 0.2) is 16.7 Å². The SMILES string of the molecule is [C-]#[N+]c1[nH]n2c(=O)c(-c3nc4c(OC)cccc4o3)c(C)nc2c1-c1cccc(F)c1. The molecule has 0 aliphatic heterocycles. The van der Waals surface area contributed by atoms with Crippen molar-refractivity contribution in [3.8, 4) is 28.3 Å². The van der Waals surface area contributed by atoms with E-state index in [1.54, 1.807) is 31.2 Å². The van der Waals surface area contributed by atoms with E-state index in [0.717, 1.165) is 4.52 Å². The Morgan fingerprint density at radius 3 is 2.74 bits per heavy atom. The largest absolute Gasteiger partial charge is 0.494 e. The van der Waals surface area contributed by atoms with E-state index in [0.29, 0.717) is 33.7 Å². The summed E-state index contributed by atoms with van der Waals surface area (Å²) in [6.45, 7) is 9.15. The zero-order chi connectivity index (χ0) is 21.7. The molecule has 0 radical (unpaired) electrons. The van der Waals surface area contributed by atoms with Crippen LogP contribution in [0.5, 0.6) is 5.75 Å². The highest BCUT2D eigenvalue weighted by Gasteiger charge is 2.24. The van der Waals surface area contributed by atoms with Gasteiger partial charge in [-0.1, -0.05) is 24.8 Å². The summed E-state index contributed by atoms with van der Waals surface area (Å²) in [5.74, 6) is 0.230. The number of methoxy groups -OCH3 is 1. The molecule has 0 amide bonds. The first kappa shape index (κ1) is 18.6. The van der Waals surface area contributed by atoms with Crippen molar-refractivity contribution in [1.82, 2.24) is 19.6 Å². The number of aromatic amines is 1. The molecule has 1 N–H and O–H groups in total. The molecule has 0 saturated heterocycles. The summed E-state index contributed by atoms with van der Waals surface area (Å²) in [7, 11) is 1.52. The first-order valence-corrected chi connectivity index (χ1v) is 9.24. The van der Waals surface area contributed by atoms with Gasteiger partial charge >= 0.3 is 5.56 Å². The second-order valence-corrected chi connectivity index (χ2v) is 6.82. The monoisotopic (exact) mass is 415 g/mol. The Morgan fingerprint density at radius 1 is 1.19 bits per heavy atom. The third-order valence-electron chi connectivity index (χ3n) is 4.98. The van der Waals surface area contributed by atoms with Crippen molar-refractivity contribution in [1.29, 1.82) is 0 Å². The molecular weight excluding hydrogens is 401 g/mol.